The van der Waals surface area contributed by atoms with Crippen molar-refractivity contribution in [2.75, 3.05) is 6.61 Å². The molecule has 1 aliphatic heterocycles. The summed E-state index contributed by atoms with van der Waals surface area (Å²) < 4.78 is 29.8. The zero-order chi connectivity index (χ0) is 13.9. The molecular weight excluding hydrogens is 266 g/mol. The molecule has 0 radical (unpaired) electrons. The van der Waals surface area contributed by atoms with Crippen molar-refractivity contribution in [3.63, 3.8) is 0 Å². The Morgan fingerprint density at radius 2 is 2.05 bits per heavy atom. The van der Waals surface area contributed by atoms with E-state index < -0.39 is 22.0 Å². The summed E-state index contributed by atoms with van der Waals surface area (Å²) in [6.07, 6.45) is 1.31. The van der Waals surface area contributed by atoms with Gasteiger partial charge in [-0.1, -0.05) is 30.3 Å². The van der Waals surface area contributed by atoms with Crippen molar-refractivity contribution in [1.29, 1.82) is 0 Å². The van der Waals surface area contributed by atoms with Crippen molar-refractivity contribution in [2.45, 2.75) is 19.4 Å². The molecule has 1 aromatic carbocycles. The normalized spacial score (nSPS) is 19.5. The van der Waals surface area contributed by atoms with Gasteiger partial charge in [0.2, 0.25) is 5.91 Å². The number of amides is 1. The van der Waals surface area contributed by atoms with Gasteiger partial charge < -0.3 is 4.74 Å². The average molecular weight is 281 g/mol. The van der Waals surface area contributed by atoms with E-state index in [4.69, 9.17) is 4.74 Å². The standard InChI is InChI=1S/C13H15NO4S/c1-2-18-8-9-19(16,17)14-12(10-13(14)15)11-6-4-3-5-7-11/h3-9,12H,2,10H2,1H3/b9-8+. The summed E-state index contributed by atoms with van der Waals surface area (Å²) in [5, 5.41) is 0.920. The Hall–Kier alpha value is -1.82. The van der Waals surface area contributed by atoms with E-state index in [-0.39, 0.29) is 6.42 Å². The fourth-order valence-electron chi connectivity index (χ4n) is 1.92. The second-order valence-corrected chi connectivity index (χ2v) is 5.79. The lowest BCUT2D eigenvalue weighted by Crippen LogP contribution is -2.49. The second-order valence-electron chi connectivity index (χ2n) is 4.09. The fraction of sp³-hybridized carbons (Fsp3) is 0.308. The molecule has 1 saturated heterocycles. The number of rotatable bonds is 5. The molecule has 1 aromatic rings. The summed E-state index contributed by atoms with van der Waals surface area (Å²) in [5.41, 5.74) is 0.815. The highest BCUT2D eigenvalue weighted by Gasteiger charge is 2.44. The Kier molecular flexibility index (Phi) is 3.90. The van der Waals surface area contributed by atoms with Crippen LogP contribution in [0.1, 0.15) is 24.9 Å². The third-order valence-electron chi connectivity index (χ3n) is 2.85. The van der Waals surface area contributed by atoms with Crippen LogP contribution in [0.15, 0.2) is 42.0 Å². The molecule has 1 atom stereocenters. The van der Waals surface area contributed by atoms with Crippen LogP contribution in [0.25, 0.3) is 0 Å². The van der Waals surface area contributed by atoms with Gasteiger partial charge in [0.15, 0.2) is 0 Å². The van der Waals surface area contributed by atoms with Crippen molar-refractivity contribution in [3.8, 4) is 0 Å². The van der Waals surface area contributed by atoms with E-state index in [1.54, 1.807) is 6.92 Å². The number of nitrogens with zero attached hydrogens (tertiary/aromatic N) is 1. The third-order valence-corrected chi connectivity index (χ3v) is 4.31. The molecule has 0 N–H and O–H groups in total. The van der Waals surface area contributed by atoms with Crippen LogP contribution in [-0.2, 0) is 19.6 Å². The van der Waals surface area contributed by atoms with Crippen LogP contribution in [0.2, 0.25) is 0 Å². The van der Waals surface area contributed by atoms with Gasteiger partial charge >= 0.3 is 0 Å². The highest BCUT2D eigenvalue weighted by molar-refractivity contribution is 7.92. The number of ether oxygens (including phenoxy) is 1. The Morgan fingerprint density at radius 1 is 1.37 bits per heavy atom. The van der Waals surface area contributed by atoms with Crippen molar-refractivity contribution in [3.05, 3.63) is 47.6 Å². The SMILES string of the molecule is CCO/C=C/S(=O)(=O)N1C(=O)CC1c1ccccc1. The first kappa shape index (κ1) is 13.6. The first-order valence-electron chi connectivity index (χ1n) is 5.96. The zero-order valence-electron chi connectivity index (χ0n) is 10.5. The van der Waals surface area contributed by atoms with Crippen LogP contribution in [0, 0.1) is 0 Å². The van der Waals surface area contributed by atoms with Crippen LogP contribution < -0.4 is 0 Å². The van der Waals surface area contributed by atoms with Gasteiger partial charge in [0.25, 0.3) is 10.0 Å². The summed E-state index contributed by atoms with van der Waals surface area (Å²) in [6, 6.07) is 8.69. The molecule has 6 heteroatoms. The molecule has 1 unspecified atom stereocenters. The lowest BCUT2D eigenvalue weighted by atomic mass is 9.97. The largest absolute Gasteiger partial charge is 0.501 e. The van der Waals surface area contributed by atoms with Crippen molar-refractivity contribution in [1.82, 2.24) is 4.31 Å². The number of hydrogen-bond donors (Lipinski definition) is 0. The van der Waals surface area contributed by atoms with Crippen LogP contribution in [0.3, 0.4) is 0 Å². The number of benzene rings is 1. The van der Waals surface area contributed by atoms with Gasteiger partial charge in [0.05, 0.1) is 30.7 Å². The molecule has 1 aliphatic rings. The van der Waals surface area contributed by atoms with E-state index in [0.717, 1.165) is 21.5 Å². The van der Waals surface area contributed by atoms with Gasteiger partial charge in [0, 0.05) is 0 Å². The smallest absolute Gasteiger partial charge is 0.263 e. The van der Waals surface area contributed by atoms with Crippen molar-refractivity contribution < 1.29 is 17.9 Å². The lowest BCUT2D eigenvalue weighted by molar-refractivity contribution is -0.137. The minimum absolute atomic E-state index is 0.214. The molecule has 0 spiro atoms. The van der Waals surface area contributed by atoms with E-state index in [2.05, 4.69) is 0 Å². The lowest BCUT2D eigenvalue weighted by Gasteiger charge is -2.38. The zero-order valence-corrected chi connectivity index (χ0v) is 11.3. The van der Waals surface area contributed by atoms with Gasteiger partial charge in [0.1, 0.15) is 0 Å². The van der Waals surface area contributed by atoms with Crippen LogP contribution in [0.5, 0.6) is 0 Å². The van der Waals surface area contributed by atoms with Gasteiger partial charge in [-0.05, 0) is 12.5 Å². The van der Waals surface area contributed by atoms with Gasteiger partial charge in [-0.2, -0.15) is 0 Å². The molecule has 0 aliphatic carbocycles. The van der Waals surface area contributed by atoms with Gasteiger partial charge in [-0.15, -0.1) is 0 Å². The first-order chi connectivity index (χ1) is 9.06. The van der Waals surface area contributed by atoms with Crippen molar-refractivity contribution in [2.24, 2.45) is 0 Å². The van der Waals surface area contributed by atoms with E-state index in [1.165, 1.54) is 0 Å². The molecule has 0 saturated carbocycles. The minimum Gasteiger partial charge on any atom is -0.501 e. The van der Waals surface area contributed by atoms with Crippen molar-refractivity contribution >= 4 is 15.9 Å². The van der Waals surface area contributed by atoms with E-state index in [9.17, 15) is 13.2 Å². The third kappa shape index (κ3) is 2.78. The van der Waals surface area contributed by atoms with Crippen LogP contribution in [-0.4, -0.2) is 25.2 Å². The van der Waals surface area contributed by atoms with Crippen LogP contribution in [0.4, 0.5) is 0 Å². The summed E-state index contributed by atoms with van der Waals surface area (Å²) >= 11 is 0. The number of carbonyl (C=O) groups is 1. The maximum Gasteiger partial charge on any atom is 0.263 e. The Morgan fingerprint density at radius 3 is 2.63 bits per heavy atom. The molecule has 1 fully saturated rings. The molecule has 19 heavy (non-hydrogen) atoms. The molecule has 1 amide bonds. The fourth-order valence-corrected chi connectivity index (χ4v) is 3.18. The molecule has 102 valence electrons. The van der Waals surface area contributed by atoms with Crippen LogP contribution >= 0.6 is 0 Å². The molecule has 0 bridgehead atoms. The number of sulfonamides is 1. The highest BCUT2D eigenvalue weighted by atomic mass is 32.2. The molecule has 2 rings (SSSR count). The minimum atomic E-state index is -3.76. The first-order valence-corrected chi connectivity index (χ1v) is 7.47. The van der Waals surface area contributed by atoms with Gasteiger partial charge in [-0.3, -0.25) is 4.79 Å². The Balaban J connectivity index is 2.21. The predicted octanol–water partition coefficient (Wildman–Crippen LogP) is 1.80. The highest BCUT2D eigenvalue weighted by Crippen LogP contribution is 2.37. The molecular formula is C13H15NO4S. The quantitative estimate of drug-likeness (QED) is 0.610. The maximum absolute atomic E-state index is 12.0. The maximum atomic E-state index is 12.0. The monoisotopic (exact) mass is 281 g/mol. The number of hydrogen-bond acceptors (Lipinski definition) is 4. The van der Waals surface area contributed by atoms with E-state index in [1.807, 2.05) is 30.3 Å². The number of β-lactam (4-membered cyclic amide) rings is 1. The topological polar surface area (TPSA) is 63.7 Å². The molecule has 1 heterocycles. The summed E-state index contributed by atoms with van der Waals surface area (Å²) in [7, 11) is -3.76. The van der Waals surface area contributed by atoms with E-state index >= 15 is 0 Å². The summed E-state index contributed by atoms with van der Waals surface area (Å²) in [6.45, 7) is 2.13. The second kappa shape index (κ2) is 5.44. The summed E-state index contributed by atoms with van der Waals surface area (Å²) in [4.78, 5) is 11.6. The Bertz CT molecular complexity index is 580. The molecule has 0 aromatic heterocycles. The average Bonchev–Trinajstić information content (AvgIpc) is 2.36. The number of carbonyl (C=O) groups excluding carboxylic acids is 1. The Labute approximate surface area is 112 Å². The predicted molar refractivity (Wildman–Crippen MR) is 70.3 cm³/mol. The summed E-state index contributed by atoms with van der Waals surface area (Å²) in [5.74, 6) is -0.394. The van der Waals surface area contributed by atoms with Gasteiger partial charge in [-0.25, -0.2) is 12.7 Å². The van der Waals surface area contributed by atoms with E-state index in [0.29, 0.717) is 6.61 Å². The molecule has 5 nitrogen and oxygen atoms in total.